The quantitative estimate of drug-likeness (QED) is 0.228. The number of aromatic nitrogens is 4. The van der Waals surface area contributed by atoms with Crippen LogP contribution in [0.2, 0.25) is 0 Å². The van der Waals surface area contributed by atoms with E-state index in [2.05, 4.69) is 15.0 Å². The summed E-state index contributed by atoms with van der Waals surface area (Å²) in [5.74, 6) is -0.204. The lowest BCUT2D eigenvalue weighted by Crippen LogP contribution is -2.17. The van der Waals surface area contributed by atoms with Crippen LogP contribution in [0.25, 0.3) is 11.3 Å². The number of nitrogens with zero attached hydrogens (tertiary/aromatic N) is 3. The molecule has 2 aromatic carbocycles. The monoisotopic (exact) mass is 476 g/mol. The highest BCUT2D eigenvalue weighted by Gasteiger charge is 2.16. The number of carbonyl (C=O) groups excluding carboxylic acids is 1. The number of benzene rings is 2. The SMILES string of the molecule is CCOC(=O)c1ccc(-c2nc(SCc3ccc(F)cc3)[nH]c(=O)c2Cc2cncnc2)cc1. The van der Waals surface area contributed by atoms with Crippen molar-refractivity contribution in [2.75, 3.05) is 6.61 Å². The molecular weight excluding hydrogens is 455 g/mol. The van der Waals surface area contributed by atoms with Crippen molar-refractivity contribution < 1.29 is 13.9 Å². The van der Waals surface area contributed by atoms with Crippen molar-refractivity contribution in [2.45, 2.75) is 24.3 Å². The van der Waals surface area contributed by atoms with Crippen molar-refractivity contribution >= 4 is 17.7 Å². The molecule has 0 atom stereocenters. The number of aromatic amines is 1. The molecular formula is C25H21FN4O3S. The first kappa shape index (κ1) is 23.3. The second-order valence-corrected chi connectivity index (χ2v) is 8.30. The zero-order valence-corrected chi connectivity index (χ0v) is 19.1. The number of rotatable bonds is 8. The third-order valence-electron chi connectivity index (χ3n) is 4.95. The highest BCUT2D eigenvalue weighted by Crippen LogP contribution is 2.26. The minimum absolute atomic E-state index is 0.273. The summed E-state index contributed by atoms with van der Waals surface area (Å²) in [5.41, 5.74) is 3.47. The molecule has 0 aliphatic heterocycles. The second kappa shape index (κ2) is 10.8. The number of carbonyl (C=O) groups is 1. The summed E-state index contributed by atoms with van der Waals surface area (Å²) < 4.78 is 18.2. The van der Waals surface area contributed by atoms with Crippen molar-refractivity contribution in [2.24, 2.45) is 0 Å². The van der Waals surface area contributed by atoms with E-state index in [4.69, 9.17) is 9.72 Å². The van der Waals surface area contributed by atoms with E-state index in [0.29, 0.717) is 39.7 Å². The molecule has 172 valence electrons. The molecule has 4 rings (SSSR count). The van der Waals surface area contributed by atoms with Gasteiger partial charge in [0, 0.05) is 35.7 Å². The van der Waals surface area contributed by atoms with Crippen LogP contribution in [0.3, 0.4) is 0 Å². The van der Waals surface area contributed by atoms with Crippen molar-refractivity contribution in [3.63, 3.8) is 0 Å². The van der Waals surface area contributed by atoms with Crippen LogP contribution in [0.5, 0.6) is 0 Å². The van der Waals surface area contributed by atoms with E-state index in [1.165, 1.54) is 30.2 Å². The third kappa shape index (κ3) is 5.74. The summed E-state index contributed by atoms with van der Waals surface area (Å²) in [6.45, 7) is 2.03. The Morgan fingerprint density at radius 1 is 1.03 bits per heavy atom. The average Bonchev–Trinajstić information content (AvgIpc) is 2.86. The summed E-state index contributed by atoms with van der Waals surface area (Å²) in [4.78, 5) is 40.7. The molecule has 7 nitrogen and oxygen atoms in total. The van der Waals surface area contributed by atoms with Gasteiger partial charge in [0.05, 0.1) is 17.9 Å². The first-order valence-electron chi connectivity index (χ1n) is 10.6. The highest BCUT2D eigenvalue weighted by molar-refractivity contribution is 7.98. The molecule has 0 unspecified atom stereocenters. The lowest BCUT2D eigenvalue weighted by atomic mass is 10.0. The largest absolute Gasteiger partial charge is 0.462 e. The van der Waals surface area contributed by atoms with Gasteiger partial charge in [-0.05, 0) is 42.3 Å². The smallest absolute Gasteiger partial charge is 0.338 e. The van der Waals surface area contributed by atoms with Gasteiger partial charge in [-0.25, -0.2) is 24.1 Å². The van der Waals surface area contributed by atoms with Crippen LogP contribution in [0.4, 0.5) is 4.39 Å². The fourth-order valence-electron chi connectivity index (χ4n) is 3.28. The third-order valence-corrected chi connectivity index (χ3v) is 5.89. The van der Waals surface area contributed by atoms with Crippen molar-refractivity contribution in [1.82, 2.24) is 19.9 Å². The molecule has 0 saturated heterocycles. The highest BCUT2D eigenvalue weighted by atomic mass is 32.2. The summed E-state index contributed by atoms with van der Waals surface area (Å²) in [6.07, 6.45) is 5.02. The van der Waals surface area contributed by atoms with Crippen LogP contribution >= 0.6 is 11.8 Å². The zero-order valence-electron chi connectivity index (χ0n) is 18.3. The van der Waals surface area contributed by atoms with Gasteiger partial charge in [-0.3, -0.25) is 4.79 Å². The summed E-state index contributed by atoms with van der Waals surface area (Å²) in [7, 11) is 0. The van der Waals surface area contributed by atoms with E-state index in [1.54, 1.807) is 55.7 Å². The molecule has 4 aromatic rings. The van der Waals surface area contributed by atoms with E-state index < -0.39 is 5.97 Å². The Kier molecular flexibility index (Phi) is 7.44. The Balaban J connectivity index is 1.69. The maximum atomic E-state index is 13.2. The molecule has 0 bridgehead atoms. The lowest BCUT2D eigenvalue weighted by Gasteiger charge is -2.11. The Morgan fingerprint density at radius 2 is 1.74 bits per heavy atom. The maximum Gasteiger partial charge on any atom is 0.338 e. The predicted octanol–water partition coefficient (Wildman–Crippen LogP) is 4.43. The fraction of sp³-hybridized carbons (Fsp3) is 0.160. The standard InChI is InChI=1S/C25H21FN4O3S/c1-2-33-24(32)19-7-5-18(6-8-19)22-21(11-17-12-27-15-28-13-17)23(31)30-25(29-22)34-14-16-3-9-20(26)10-4-16/h3-10,12-13,15H,2,11,14H2,1H3,(H,29,30,31). The number of H-pyrrole nitrogens is 1. The molecule has 9 heteroatoms. The van der Waals surface area contributed by atoms with Gasteiger partial charge < -0.3 is 9.72 Å². The minimum Gasteiger partial charge on any atom is -0.462 e. The van der Waals surface area contributed by atoms with Gasteiger partial charge in [-0.1, -0.05) is 36.0 Å². The molecule has 0 spiro atoms. The number of nitrogens with one attached hydrogen (secondary N) is 1. The normalized spacial score (nSPS) is 10.8. The Labute approximate surface area is 199 Å². The van der Waals surface area contributed by atoms with Gasteiger partial charge in [-0.15, -0.1) is 0 Å². The van der Waals surface area contributed by atoms with Gasteiger partial charge in [-0.2, -0.15) is 0 Å². The Morgan fingerprint density at radius 3 is 2.41 bits per heavy atom. The van der Waals surface area contributed by atoms with Gasteiger partial charge in [0.25, 0.3) is 5.56 Å². The number of thioether (sulfide) groups is 1. The van der Waals surface area contributed by atoms with Crippen molar-refractivity contribution in [3.8, 4) is 11.3 Å². The molecule has 0 aliphatic carbocycles. The first-order valence-corrected chi connectivity index (χ1v) is 11.5. The van der Waals surface area contributed by atoms with Crippen LogP contribution in [-0.4, -0.2) is 32.5 Å². The molecule has 0 saturated carbocycles. The topological polar surface area (TPSA) is 97.8 Å². The fourth-order valence-corrected chi connectivity index (χ4v) is 4.10. The Hall–Kier alpha value is -3.85. The molecule has 2 heterocycles. The van der Waals surface area contributed by atoms with Crippen LogP contribution in [0, 0.1) is 5.82 Å². The summed E-state index contributed by atoms with van der Waals surface area (Å²) >= 11 is 1.34. The van der Waals surface area contributed by atoms with Gasteiger partial charge in [0.15, 0.2) is 5.16 Å². The van der Waals surface area contributed by atoms with Crippen LogP contribution in [0.1, 0.15) is 34.0 Å². The molecule has 34 heavy (non-hydrogen) atoms. The van der Waals surface area contributed by atoms with Crippen molar-refractivity contribution in [3.05, 3.63) is 106 Å². The second-order valence-electron chi connectivity index (χ2n) is 7.33. The van der Waals surface area contributed by atoms with Gasteiger partial charge >= 0.3 is 5.97 Å². The van der Waals surface area contributed by atoms with Gasteiger partial charge in [0.1, 0.15) is 12.1 Å². The lowest BCUT2D eigenvalue weighted by molar-refractivity contribution is 0.0526. The van der Waals surface area contributed by atoms with E-state index >= 15 is 0 Å². The molecule has 0 radical (unpaired) electrons. The Bertz CT molecular complexity index is 1330. The molecule has 2 aromatic heterocycles. The number of halogens is 1. The number of ether oxygens (including phenoxy) is 1. The van der Waals surface area contributed by atoms with E-state index in [0.717, 1.165) is 11.1 Å². The van der Waals surface area contributed by atoms with Gasteiger partial charge in [0.2, 0.25) is 0 Å². The van der Waals surface area contributed by atoms with E-state index in [1.807, 2.05) is 0 Å². The van der Waals surface area contributed by atoms with Crippen LogP contribution < -0.4 is 5.56 Å². The summed E-state index contributed by atoms with van der Waals surface area (Å²) in [5, 5.41) is 0.437. The number of esters is 1. The van der Waals surface area contributed by atoms with E-state index in [9.17, 15) is 14.0 Å². The molecule has 0 fully saturated rings. The minimum atomic E-state index is -0.412. The molecule has 0 aliphatic rings. The maximum absolute atomic E-state index is 13.2. The number of hydrogen-bond acceptors (Lipinski definition) is 7. The van der Waals surface area contributed by atoms with Crippen molar-refractivity contribution in [1.29, 1.82) is 0 Å². The van der Waals surface area contributed by atoms with Crippen LogP contribution in [-0.2, 0) is 16.9 Å². The molecule has 1 N–H and O–H groups in total. The van der Waals surface area contributed by atoms with E-state index in [-0.39, 0.29) is 18.0 Å². The van der Waals surface area contributed by atoms with Crippen LogP contribution in [0.15, 0.2) is 77.2 Å². The average molecular weight is 477 g/mol. The first-order chi connectivity index (χ1) is 16.5. The molecule has 0 amide bonds. The number of hydrogen-bond donors (Lipinski definition) is 1. The predicted molar refractivity (Wildman–Crippen MR) is 127 cm³/mol. The zero-order chi connectivity index (χ0) is 23.9. The summed E-state index contributed by atoms with van der Waals surface area (Å²) in [6, 6.07) is 13.0.